The van der Waals surface area contributed by atoms with Gasteiger partial charge in [0.25, 0.3) is 0 Å². The van der Waals surface area contributed by atoms with Crippen molar-refractivity contribution in [2.45, 2.75) is 39.5 Å². The fraction of sp³-hybridized carbons (Fsp3) is 0.933. The Balaban J connectivity index is 1.86. The molecule has 2 fully saturated rings. The van der Waals surface area contributed by atoms with Gasteiger partial charge in [-0.2, -0.15) is 0 Å². The van der Waals surface area contributed by atoms with Crippen LogP contribution in [0.25, 0.3) is 0 Å². The van der Waals surface area contributed by atoms with Gasteiger partial charge in [-0.3, -0.25) is 4.79 Å². The molecule has 19 heavy (non-hydrogen) atoms. The minimum atomic E-state index is -0.151. The number of nitrogens with zero attached hydrogens (tertiary/aromatic N) is 1. The second kappa shape index (κ2) is 5.80. The Hall–Kier alpha value is -0.610. The number of rotatable bonds is 4. The van der Waals surface area contributed by atoms with Crippen LogP contribution in [-0.4, -0.2) is 50.6 Å². The highest BCUT2D eigenvalue weighted by molar-refractivity contribution is 5.83. The van der Waals surface area contributed by atoms with Crippen molar-refractivity contribution < 1.29 is 4.79 Å². The van der Waals surface area contributed by atoms with Gasteiger partial charge in [-0.15, -0.1) is 0 Å². The van der Waals surface area contributed by atoms with Crippen LogP contribution in [0.4, 0.5) is 0 Å². The lowest BCUT2D eigenvalue weighted by Gasteiger charge is -2.38. The predicted molar refractivity (Wildman–Crippen MR) is 78.1 cm³/mol. The quantitative estimate of drug-likeness (QED) is 0.805. The molecule has 0 aliphatic carbocycles. The number of piperidine rings is 1. The molecule has 4 heteroatoms. The smallest absolute Gasteiger partial charge is 0.227 e. The van der Waals surface area contributed by atoms with Gasteiger partial charge in [-0.1, -0.05) is 13.8 Å². The molecular weight excluding hydrogens is 238 g/mol. The van der Waals surface area contributed by atoms with Crippen LogP contribution in [0, 0.1) is 10.8 Å². The average Bonchev–Trinajstić information content (AvgIpc) is 2.90. The van der Waals surface area contributed by atoms with Crippen molar-refractivity contribution >= 4 is 5.91 Å². The zero-order valence-corrected chi connectivity index (χ0v) is 12.7. The van der Waals surface area contributed by atoms with Gasteiger partial charge >= 0.3 is 0 Å². The molecular formula is C15H29N3O. The van der Waals surface area contributed by atoms with E-state index >= 15 is 0 Å². The summed E-state index contributed by atoms with van der Waals surface area (Å²) in [5.41, 5.74) is 0.130. The zero-order valence-electron chi connectivity index (χ0n) is 12.7. The largest absolute Gasteiger partial charge is 0.355 e. The molecule has 2 aliphatic rings. The van der Waals surface area contributed by atoms with Crippen LogP contribution in [0.3, 0.4) is 0 Å². The summed E-state index contributed by atoms with van der Waals surface area (Å²) >= 11 is 0. The third kappa shape index (κ3) is 3.29. The summed E-state index contributed by atoms with van der Waals surface area (Å²) < 4.78 is 0. The van der Waals surface area contributed by atoms with E-state index < -0.39 is 0 Å². The summed E-state index contributed by atoms with van der Waals surface area (Å²) in [6, 6.07) is 0. The molecule has 0 aromatic rings. The van der Waals surface area contributed by atoms with Crippen LogP contribution < -0.4 is 10.6 Å². The summed E-state index contributed by atoms with van der Waals surface area (Å²) in [7, 11) is 2.18. The Kier molecular flexibility index (Phi) is 4.51. The molecule has 1 unspecified atom stereocenters. The molecule has 0 saturated carbocycles. The first kappa shape index (κ1) is 14.8. The van der Waals surface area contributed by atoms with Crippen LogP contribution >= 0.6 is 0 Å². The number of likely N-dealkylation sites (tertiary alicyclic amines) is 1. The van der Waals surface area contributed by atoms with E-state index in [4.69, 9.17) is 0 Å². The lowest BCUT2D eigenvalue weighted by Crippen LogP contribution is -2.48. The molecule has 1 atom stereocenters. The molecule has 0 bridgehead atoms. The Morgan fingerprint density at radius 1 is 1.32 bits per heavy atom. The van der Waals surface area contributed by atoms with Crippen molar-refractivity contribution in [1.29, 1.82) is 0 Å². The number of carbonyl (C=O) groups excluding carboxylic acids is 1. The Morgan fingerprint density at radius 2 is 2.00 bits per heavy atom. The molecule has 0 spiro atoms. The molecule has 0 radical (unpaired) electrons. The second-order valence-electron chi connectivity index (χ2n) is 6.86. The van der Waals surface area contributed by atoms with E-state index in [0.29, 0.717) is 0 Å². The fourth-order valence-corrected chi connectivity index (χ4v) is 3.22. The topological polar surface area (TPSA) is 44.4 Å². The fourth-order valence-electron chi connectivity index (χ4n) is 3.22. The first-order chi connectivity index (χ1) is 9.00. The highest BCUT2D eigenvalue weighted by Crippen LogP contribution is 2.32. The van der Waals surface area contributed by atoms with E-state index in [-0.39, 0.29) is 16.7 Å². The Morgan fingerprint density at radius 3 is 2.53 bits per heavy atom. The van der Waals surface area contributed by atoms with Gasteiger partial charge in [-0.05, 0) is 57.8 Å². The van der Waals surface area contributed by atoms with Gasteiger partial charge < -0.3 is 15.5 Å². The summed E-state index contributed by atoms with van der Waals surface area (Å²) in [5, 5.41) is 6.57. The van der Waals surface area contributed by atoms with Crippen molar-refractivity contribution in [3.8, 4) is 0 Å². The van der Waals surface area contributed by atoms with Crippen molar-refractivity contribution in [3.63, 3.8) is 0 Å². The molecule has 2 saturated heterocycles. The van der Waals surface area contributed by atoms with Gasteiger partial charge in [0.1, 0.15) is 0 Å². The molecule has 2 N–H and O–H groups in total. The Labute approximate surface area is 117 Å². The van der Waals surface area contributed by atoms with Crippen molar-refractivity contribution in [1.82, 2.24) is 15.5 Å². The standard InChI is InChI=1S/C15H29N3O/c1-4-15(5-8-16-12-15)13(19)17-11-14(2)6-9-18(3)10-7-14/h16H,4-12H2,1-3H3,(H,17,19). The summed E-state index contributed by atoms with van der Waals surface area (Å²) in [6.45, 7) is 9.38. The van der Waals surface area contributed by atoms with Crippen molar-refractivity contribution in [2.24, 2.45) is 10.8 Å². The first-order valence-electron chi connectivity index (χ1n) is 7.67. The van der Waals surface area contributed by atoms with E-state index in [1.165, 1.54) is 12.8 Å². The van der Waals surface area contributed by atoms with Crippen molar-refractivity contribution in [2.75, 3.05) is 39.8 Å². The minimum absolute atomic E-state index is 0.151. The van der Waals surface area contributed by atoms with Gasteiger partial charge in [-0.25, -0.2) is 0 Å². The molecule has 1 amide bonds. The number of carbonyl (C=O) groups is 1. The maximum atomic E-state index is 12.5. The number of nitrogens with one attached hydrogen (secondary N) is 2. The van der Waals surface area contributed by atoms with Gasteiger partial charge in [0.15, 0.2) is 0 Å². The van der Waals surface area contributed by atoms with E-state index in [1.807, 2.05) is 0 Å². The van der Waals surface area contributed by atoms with Crippen LogP contribution in [-0.2, 0) is 4.79 Å². The van der Waals surface area contributed by atoms with Crippen LogP contribution in [0.1, 0.15) is 39.5 Å². The van der Waals surface area contributed by atoms with E-state index in [0.717, 1.165) is 45.6 Å². The normalized spacial score (nSPS) is 31.3. The third-order valence-corrected chi connectivity index (χ3v) is 5.27. The highest BCUT2D eigenvalue weighted by Gasteiger charge is 2.40. The number of hydrogen-bond acceptors (Lipinski definition) is 3. The van der Waals surface area contributed by atoms with Gasteiger partial charge in [0, 0.05) is 13.1 Å². The minimum Gasteiger partial charge on any atom is -0.355 e. The summed E-state index contributed by atoms with van der Waals surface area (Å²) in [6.07, 6.45) is 4.28. The van der Waals surface area contributed by atoms with Crippen LogP contribution in [0.2, 0.25) is 0 Å². The van der Waals surface area contributed by atoms with Crippen molar-refractivity contribution in [3.05, 3.63) is 0 Å². The van der Waals surface area contributed by atoms with E-state index in [9.17, 15) is 4.79 Å². The predicted octanol–water partition coefficient (Wildman–Crippen LogP) is 1.22. The molecule has 110 valence electrons. The third-order valence-electron chi connectivity index (χ3n) is 5.27. The zero-order chi connectivity index (χ0) is 13.9. The van der Waals surface area contributed by atoms with Gasteiger partial charge in [0.05, 0.1) is 5.41 Å². The van der Waals surface area contributed by atoms with E-state index in [2.05, 4.69) is 36.4 Å². The molecule has 0 aromatic heterocycles. The lowest BCUT2D eigenvalue weighted by molar-refractivity contribution is -0.131. The highest BCUT2D eigenvalue weighted by atomic mass is 16.2. The van der Waals surface area contributed by atoms with Gasteiger partial charge in [0.2, 0.25) is 5.91 Å². The molecule has 0 aromatic carbocycles. The molecule has 4 nitrogen and oxygen atoms in total. The number of hydrogen-bond donors (Lipinski definition) is 2. The Bertz CT molecular complexity index is 315. The summed E-state index contributed by atoms with van der Waals surface area (Å²) in [5.74, 6) is 0.264. The van der Waals surface area contributed by atoms with E-state index in [1.54, 1.807) is 0 Å². The molecule has 2 aliphatic heterocycles. The monoisotopic (exact) mass is 267 g/mol. The lowest BCUT2D eigenvalue weighted by atomic mass is 9.79. The molecule has 2 heterocycles. The maximum absolute atomic E-state index is 12.5. The summed E-state index contributed by atoms with van der Waals surface area (Å²) in [4.78, 5) is 14.9. The van der Waals surface area contributed by atoms with Crippen LogP contribution in [0.5, 0.6) is 0 Å². The molecule has 2 rings (SSSR count). The van der Waals surface area contributed by atoms with Crippen LogP contribution in [0.15, 0.2) is 0 Å². The number of amides is 1. The first-order valence-corrected chi connectivity index (χ1v) is 7.67. The SMILES string of the molecule is CCC1(C(=O)NCC2(C)CCN(C)CC2)CCNC1. The maximum Gasteiger partial charge on any atom is 0.227 e. The average molecular weight is 267 g/mol. The second-order valence-corrected chi connectivity index (χ2v) is 6.86.